The van der Waals surface area contributed by atoms with E-state index >= 15 is 0 Å². The van der Waals surface area contributed by atoms with Crippen LogP contribution in [0.5, 0.6) is 5.75 Å². The van der Waals surface area contributed by atoms with Crippen molar-refractivity contribution < 1.29 is 9.15 Å². The van der Waals surface area contributed by atoms with Crippen LogP contribution in [0.4, 0.5) is 0 Å². The van der Waals surface area contributed by atoms with Crippen LogP contribution in [0, 0.1) is 0 Å². The van der Waals surface area contributed by atoms with E-state index in [-0.39, 0.29) is 0 Å². The number of rotatable bonds is 19. The van der Waals surface area contributed by atoms with Crippen molar-refractivity contribution in [2.45, 2.75) is 129 Å². The number of hydrogen-bond acceptors (Lipinski definition) is 2. The van der Waals surface area contributed by atoms with Gasteiger partial charge in [-0.2, -0.15) is 0 Å². The minimum Gasteiger partial charge on any atom is -0.492 e. The van der Waals surface area contributed by atoms with Gasteiger partial charge in [-0.15, -0.1) is 0 Å². The number of ether oxygens (including phenoxy) is 1. The standard InChI is InChI=1S/C33H50O2/c1-4-5-6-7-8-9-10-11-12-13-14-15-16-17-18-19-25-34-32-29-22-20-28(27(2)3)21-23-30(29)33-31(32)24-26-35-33/h20-24,26-27H,4-19,25H2,1-3H3. The summed E-state index contributed by atoms with van der Waals surface area (Å²) >= 11 is 0. The first-order valence-electron chi connectivity index (χ1n) is 14.8. The number of fused-ring (bicyclic) bond motifs is 3. The van der Waals surface area contributed by atoms with Crippen molar-refractivity contribution in [1.29, 1.82) is 0 Å². The Morgan fingerprint density at radius 1 is 0.629 bits per heavy atom. The SMILES string of the molecule is CCCCCCCCCCCCCCCCCCOc1c2ccc(C(C)C)ccc-2c2occc12. The van der Waals surface area contributed by atoms with E-state index in [9.17, 15) is 0 Å². The molecule has 194 valence electrons. The van der Waals surface area contributed by atoms with E-state index < -0.39 is 0 Å². The van der Waals surface area contributed by atoms with Crippen LogP contribution in [0.3, 0.4) is 0 Å². The maximum atomic E-state index is 6.33. The molecule has 3 rings (SSSR count). The van der Waals surface area contributed by atoms with Crippen LogP contribution in [0.15, 0.2) is 41.0 Å². The largest absolute Gasteiger partial charge is 0.492 e. The first kappa shape index (κ1) is 27.6. The van der Waals surface area contributed by atoms with Crippen LogP contribution in [-0.4, -0.2) is 6.61 Å². The molecule has 0 fully saturated rings. The Hall–Kier alpha value is -1.96. The Balaban J connectivity index is 1.25. The second-order valence-electron chi connectivity index (χ2n) is 10.8. The number of unbranched alkanes of at least 4 members (excludes halogenated alkanes) is 15. The van der Waals surface area contributed by atoms with Crippen molar-refractivity contribution in [3.8, 4) is 16.9 Å². The summed E-state index contributed by atoms with van der Waals surface area (Å²) in [5, 5.41) is 1.11. The van der Waals surface area contributed by atoms with Gasteiger partial charge in [0.2, 0.25) is 0 Å². The highest BCUT2D eigenvalue weighted by molar-refractivity contribution is 6.05. The zero-order valence-electron chi connectivity index (χ0n) is 22.9. The normalized spacial score (nSPS) is 11.8. The molecule has 35 heavy (non-hydrogen) atoms. The lowest BCUT2D eigenvalue weighted by molar-refractivity contribution is 0.309. The summed E-state index contributed by atoms with van der Waals surface area (Å²) in [5.41, 5.74) is 4.61. The summed E-state index contributed by atoms with van der Waals surface area (Å²) in [5.74, 6) is 1.50. The molecule has 2 heteroatoms. The molecule has 0 amide bonds. The molecular weight excluding hydrogens is 428 g/mol. The van der Waals surface area contributed by atoms with E-state index in [4.69, 9.17) is 9.15 Å². The lowest BCUT2D eigenvalue weighted by Crippen LogP contribution is -1.97. The van der Waals surface area contributed by atoms with Gasteiger partial charge in [0.15, 0.2) is 0 Å². The maximum Gasteiger partial charge on any atom is 0.145 e. The van der Waals surface area contributed by atoms with Gasteiger partial charge in [-0.1, -0.05) is 141 Å². The summed E-state index contributed by atoms with van der Waals surface area (Å²) in [4.78, 5) is 0. The van der Waals surface area contributed by atoms with Crippen LogP contribution in [0.1, 0.15) is 135 Å². The lowest BCUT2D eigenvalue weighted by atomic mass is 10.0. The van der Waals surface area contributed by atoms with E-state index in [1.807, 2.05) is 6.07 Å². The van der Waals surface area contributed by atoms with Crippen LogP contribution in [-0.2, 0) is 0 Å². The summed E-state index contributed by atoms with van der Waals surface area (Å²) in [6.07, 6.45) is 24.0. The summed E-state index contributed by atoms with van der Waals surface area (Å²) < 4.78 is 12.1. The van der Waals surface area contributed by atoms with E-state index in [1.54, 1.807) is 6.26 Å². The molecule has 0 aliphatic heterocycles. The fourth-order valence-electron chi connectivity index (χ4n) is 5.20. The highest BCUT2D eigenvalue weighted by atomic mass is 16.5. The minimum absolute atomic E-state index is 0.507. The van der Waals surface area contributed by atoms with E-state index in [1.165, 1.54) is 107 Å². The van der Waals surface area contributed by atoms with Crippen molar-refractivity contribution in [3.05, 3.63) is 42.2 Å². The molecule has 0 aromatic carbocycles. The first-order valence-corrected chi connectivity index (χ1v) is 14.8. The van der Waals surface area contributed by atoms with Gasteiger partial charge in [0.1, 0.15) is 11.3 Å². The predicted molar refractivity (Wildman–Crippen MR) is 152 cm³/mol. The average Bonchev–Trinajstić information content (AvgIpc) is 3.35. The van der Waals surface area contributed by atoms with Crippen molar-refractivity contribution in [2.75, 3.05) is 6.61 Å². The molecule has 2 aliphatic rings. The van der Waals surface area contributed by atoms with Gasteiger partial charge in [0.05, 0.1) is 18.3 Å². The monoisotopic (exact) mass is 478 g/mol. The summed E-state index contributed by atoms with van der Waals surface area (Å²) in [7, 11) is 0. The van der Waals surface area contributed by atoms with Gasteiger partial charge in [0.25, 0.3) is 0 Å². The molecule has 0 saturated carbocycles. The van der Waals surface area contributed by atoms with Crippen LogP contribution in [0.2, 0.25) is 0 Å². The molecule has 1 aromatic heterocycles. The smallest absolute Gasteiger partial charge is 0.145 e. The van der Waals surface area contributed by atoms with Gasteiger partial charge in [-0.3, -0.25) is 0 Å². The molecule has 0 bridgehead atoms. The zero-order chi connectivity index (χ0) is 24.7. The summed E-state index contributed by atoms with van der Waals surface area (Å²) in [6.45, 7) is 7.55. The second-order valence-corrected chi connectivity index (χ2v) is 10.8. The number of hydrogen-bond donors (Lipinski definition) is 0. The van der Waals surface area contributed by atoms with Crippen molar-refractivity contribution in [3.63, 3.8) is 0 Å². The van der Waals surface area contributed by atoms with Crippen molar-refractivity contribution in [1.82, 2.24) is 0 Å². The van der Waals surface area contributed by atoms with Gasteiger partial charge in [-0.05, 0) is 24.0 Å². The Morgan fingerprint density at radius 3 is 1.69 bits per heavy atom. The molecule has 0 spiro atoms. The molecule has 0 atom stereocenters. The molecule has 2 nitrogen and oxygen atoms in total. The topological polar surface area (TPSA) is 22.4 Å². The lowest BCUT2D eigenvalue weighted by Gasteiger charge is -2.07. The van der Waals surface area contributed by atoms with Gasteiger partial charge >= 0.3 is 0 Å². The Bertz CT molecular complexity index is 922. The van der Waals surface area contributed by atoms with E-state index in [0.29, 0.717) is 5.92 Å². The van der Waals surface area contributed by atoms with Gasteiger partial charge in [0, 0.05) is 11.1 Å². The molecule has 0 radical (unpaired) electrons. The predicted octanol–water partition coefficient (Wildman–Crippen LogP) is 11.3. The Labute approximate surface area is 215 Å². The molecular formula is C33H50O2. The third kappa shape index (κ3) is 8.89. The summed E-state index contributed by atoms with van der Waals surface area (Å²) in [6, 6.07) is 10.9. The maximum absolute atomic E-state index is 6.33. The second kappa shape index (κ2) is 15.9. The first-order chi connectivity index (χ1) is 17.2. The fourth-order valence-corrected chi connectivity index (χ4v) is 5.20. The average molecular weight is 479 g/mol. The van der Waals surface area contributed by atoms with Crippen LogP contribution < -0.4 is 4.74 Å². The van der Waals surface area contributed by atoms with Gasteiger partial charge in [-0.25, -0.2) is 0 Å². The molecule has 1 heterocycles. The van der Waals surface area contributed by atoms with Crippen LogP contribution >= 0.6 is 0 Å². The highest BCUT2D eigenvalue weighted by Gasteiger charge is 2.20. The number of furan rings is 1. The molecule has 0 N–H and O–H groups in total. The quantitative estimate of drug-likeness (QED) is 0.160. The van der Waals surface area contributed by atoms with Crippen molar-refractivity contribution in [2.24, 2.45) is 0 Å². The molecule has 1 aromatic rings. The van der Waals surface area contributed by atoms with Gasteiger partial charge < -0.3 is 9.15 Å². The van der Waals surface area contributed by atoms with Crippen molar-refractivity contribution >= 4 is 11.0 Å². The fraction of sp³-hybridized carbons (Fsp3) is 0.636. The Morgan fingerprint density at radius 2 is 1.14 bits per heavy atom. The molecule has 2 aliphatic carbocycles. The molecule has 0 unspecified atom stereocenters. The Kier molecular flexibility index (Phi) is 12.6. The minimum atomic E-state index is 0.507. The van der Waals surface area contributed by atoms with Crippen LogP contribution in [0.25, 0.3) is 22.1 Å². The third-order valence-electron chi connectivity index (χ3n) is 7.49. The van der Waals surface area contributed by atoms with E-state index in [2.05, 4.69) is 45.0 Å². The highest BCUT2D eigenvalue weighted by Crippen LogP contribution is 2.45. The third-order valence-corrected chi connectivity index (χ3v) is 7.49. The van der Waals surface area contributed by atoms with E-state index in [0.717, 1.165) is 35.3 Å². The molecule has 0 saturated heterocycles. The zero-order valence-corrected chi connectivity index (χ0v) is 22.9.